The number of H-pyrrole nitrogens is 2. The van der Waals surface area contributed by atoms with E-state index in [-0.39, 0.29) is 23.9 Å². The van der Waals surface area contributed by atoms with Gasteiger partial charge in [-0.2, -0.15) is 18.3 Å². The lowest BCUT2D eigenvalue weighted by molar-refractivity contribution is -0.192. The zero-order valence-electron chi connectivity index (χ0n) is 22.2. The van der Waals surface area contributed by atoms with E-state index in [9.17, 15) is 22.4 Å². The van der Waals surface area contributed by atoms with Gasteiger partial charge in [0.1, 0.15) is 11.5 Å². The first-order valence-electron chi connectivity index (χ1n) is 12.2. The minimum atomic E-state index is -5.08. The predicted molar refractivity (Wildman–Crippen MR) is 138 cm³/mol. The molecule has 1 saturated heterocycles. The molecule has 4 rings (SSSR count). The van der Waals surface area contributed by atoms with Crippen molar-refractivity contribution in [2.45, 2.75) is 46.0 Å². The Balaban J connectivity index is 0.000000532. The van der Waals surface area contributed by atoms with Gasteiger partial charge >= 0.3 is 18.2 Å². The summed E-state index contributed by atoms with van der Waals surface area (Å²) in [7, 11) is 2.07. The summed E-state index contributed by atoms with van der Waals surface area (Å²) in [6, 6.07) is 3.15. The van der Waals surface area contributed by atoms with Gasteiger partial charge in [0.15, 0.2) is 5.82 Å². The molecule has 3 heterocycles. The molecular weight excluding hydrogens is 524 g/mol. The van der Waals surface area contributed by atoms with Crippen molar-refractivity contribution in [3.05, 3.63) is 24.1 Å². The van der Waals surface area contributed by atoms with Crippen molar-refractivity contribution in [2.75, 3.05) is 43.4 Å². The summed E-state index contributed by atoms with van der Waals surface area (Å²) < 4.78 is 46.6. The Kier molecular flexibility index (Phi) is 9.04. The van der Waals surface area contributed by atoms with Gasteiger partial charge in [0.05, 0.1) is 28.6 Å². The molecule has 39 heavy (non-hydrogen) atoms. The molecule has 0 aliphatic carbocycles. The maximum Gasteiger partial charge on any atom is 0.490 e. The number of alkyl halides is 3. The number of piperazine rings is 1. The molecule has 1 fully saturated rings. The summed E-state index contributed by atoms with van der Waals surface area (Å²) in [6.45, 7) is 11.2. The van der Waals surface area contributed by atoms with Crippen LogP contribution in [0, 0.1) is 5.82 Å². The highest BCUT2D eigenvalue weighted by atomic mass is 19.4. The van der Waals surface area contributed by atoms with Crippen molar-refractivity contribution in [3.8, 4) is 11.5 Å². The Labute approximate surface area is 222 Å². The number of carboxylic acids is 1. The van der Waals surface area contributed by atoms with E-state index in [1.807, 2.05) is 27.7 Å². The van der Waals surface area contributed by atoms with Crippen LogP contribution in [0.25, 0.3) is 22.6 Å². The van der Waals surface area contributed by atoms with E-state index in [4.69, 9.17) is 9.90 Å². The summed E-state index contributed by atoms with van der Waals surface area (Å²) >= 11 is 0. The summed E-state index contributed by atoms with van der Waals surface area (Å²) in [5.41, 5.74) is 2.87. The highest BCUT2D eigenvalue weighted by Gasteiger charge is 2.38. The van der Waals surface area contributed by atoms with E-state index in [1.165, 1.54) is 6.07 Å². The van der Waals surface area contributed by atoms with Gasteiger partial charge in [-0.25, -0.2) is 19.0 Å². The third kappa shape index (κ3) is 7.16. The number of halogens is 4. The summed E-state index contributed by atoms with van der Waals surface area (Å²) in [5.74, 6) is -2.55. The average Bonchev–Trinajstić information content (AvgIpc) is 3.44. The van der Waals surface area contributed by atoms with Crippen LogP contribution in [-0.2, 0) is 4.79 Å². The summed E-state index contributed by atoms with van der Waals surface area (Å²) in [6.07, 6.45) is -3.53. The van der Waals surface area contributed by atoms with Crippen LogP contribution in [0.5, 0.6) is 0 Å². The van der Waals surface area contributed by atoms with Crippen LogP contribution in [-0.4, -0.2) is 98.6 Å². The number of carbonyl (C=O) groups is 2. The number of nitrogens with one attached hydrogen (secondary N) is 3. The minimum absolute atomic E-state index is 0.0486. The Bertz CT molecular complexity index is 1290. The van der Waals surface area contributed by atoms with E-state index >= 15 is 0 Å². The molecule has 3 aromatic rings. The number of benzene rings is 1. The van der Waals surface area contributed by atoms with Gasteiger partial charge in [0, 0.05) is 44.3 Å². The molecule has 0 spiro atoms. The standard InChI is InChI=1S/C22H31FN8O.C2HF3O2/c1-13(2)31(14(3)4)22(32)27-18-12-24-28-20(18)21-25-16-10-15(23)19(11-17(16)26-21)30-8-6-29(5)7-9-30;3-2(4,5)1(6)7/h10-14H,6-9H2,1-5H3,(H,24,28)(H,25,26)(H,27,32);(H,6,7). The highest BCUT2D eigenvalue weighted by molar-refractivity contribution is 5.94. The molecule has 0 bridgehead atoms. The van der Waals surface area contributed by atoms with E-state index in [1.54, 1.807) is 17.2 Å². The summed E-state index contributed by atoms with van der Waals surface area (Å²) in [5, 5.41) is 17.0. The smallest absolute Gasteiger partial charge is 0.475 e. The number of amides is 2. The fourth-order valence-electron chi connectivity index (χ4n) is 4.23. The molecule has 2 aromatic heterocycles. The molecule has 0 saturated carbocycles. The number of rotatable bonds is 5. The molecule has 15 heteroatoms. The molecular formula is C24H32F4N8O3. The average molecular weight is 557 g/mol. The number of aliphatic carboxylic acids is 1. The zero-order chi connectivity index (χ0) is 29.1. The number of nitrogens with zero attached hydrogens (tertiary/aromatic N) is 5. The van der Waals surface area contributed by atoms with Crippen molar-refractivity contribution in [2.24, 2.45) is 0 Å². The molecule has 1 aliphatic heterocycles. The van der Waals surface area contributed by atoms with Crippen LogP contribution in [0.2, 0.25) is 0 Å². The number of aromatic amines is 2. The number of urea groups is 1. The second-order valence-electron chi connectivity index (χ2n) is 9.68. The van der Waals surface area contributed by atoms with Gasteiger partial charge in [0.25, 0.3) is 0 Å². The second kappa shape index (κ2) is 11.9. The molecule has 11 nitrogen and oxygen atoms in total. The van der Waals surface area contributed by atoms with Crippen LogP contribution in [0.1, 0.15) is 27.7 Å². The third-order valence-corrected chi connectivity index (χ3v) is 6.10. The Morgan fingerprint density at radius 3 is 2.23 bits per heavy atom. The lowest BCUT2D eigenvalue weighted by Crippen LogP contribution is -2.44. The van der Waals surface area contributed by atoms with Crippen LogP contribution in [0.15, 0.2) is 18.3 Å². The van der Waals surface area contributed by atoms with E-state index in [0.717, 1.165) is 26.2 Å². The number of anilines is 2. The number of carbonyl (C=O) groups excluding carboxylic acids is 1. The Morgan fingerprint density at radius 2 is 1.69 bits per heavy atom. The largest absolute Gasteiger partial charge is 0.490 e. The van der Waals surface area contributed by atoms with Gasteiger partial charge in [-0.05, 0) is 40.8 Å². The number of imidazole rings is 1. The molecule has 4 N–H and O–H groups in total. The van der Waals surface area contributed by atoms with Crippen LogP contribution < -0.4 is 10.2 Å². The maximum atomic E-state index is 14.9. The second-order valence-corrected chi connectivity index (χ2v) is 9.68. The monoisotopic (exact) mass is 556 g/mol. The highest BCUT2D eigenvalue weighted by Crippen LogP contribution is 2.30. The van der Waals surface area contributed by atoms with Gasteiger partial charge in [-0.15, -0.1) is 0 Å². The lowest BCUT2D eigenvalue weighted by Gasteiger charge is -2.34. The van der Waals surface area contributed by atoms with Crippen molar-refractivity contribution >= 4 is 34.4 Å². The SMILES string of the molecule is CC(C)N(C(=O)Nc1cn[nH]c1-c1nc2cc(N3CCN(C)CC3)c(F)cc2[nH]1)C(C)C.O=C(O)C(F)(F)F. The lowest BCUT2D eigenvalue weighted by atomic mass is 10.2. The zero-order valence-corrected chi connectivity index (χ0v) is 22.2. The third-order valence-electron chi connectivity index (χ3n) is 6.10. The van der Waals surface area contributed by atoms with Crippen LogP contribution in [0.3, 0.4) is 0 Å². The normalized spacial score (nSPS) is 14.5. The first-order chi connectivity index (χ1) is 18.2. The molecule has 0 atom stereocenters. The molecule has 1 aromatic carbocycles. The van der Waals surface area contributed by atoms with Gasteiger partial charge < -0.3 is 30.1 Å². The Morgan fingerprint density at radius 1 is 1.10 bits per heavy atom. The number of hydrogen-bond donors (Lipinski definition) is 4. The summed E-state index contributed by atoms with van der Waals surface area (Å²) in [4.78, 5) is 35.6. The van der Waals surface area contributed by atoms with Crippen molar-refractivity contribution < 1.29 is 32.3 Å². The minimum Gasteiger partial charge on any atom is -0.475 e. The van der Waals surface area contributed by atoms with Gasteiger partial charge in [0.2, 0.25) is 0 Å². The predicted octanol–water partition coefficient (Wildman–Crippen LogP) is 4.13. The van der Waals surface area contributed by atoms with Gasteiger partial charge in [-0.1, -0.05) is 0 Å². The number of aromatic nitrogens is 4. The van der Waals surface area contributed by atoms with Crippen molar-refractivity contribution in [1.82, 2.24) is 30.0 Å². The topological polar surface area (TPSA) is 133 Å². The van der Waals surface area contributed by atoms with Crippen molar-refractivity contribution in [3.63, 3.8) is 0 Å². The number of fused-ring (bicyclic) bond motifs is 1. The molecule has 1 aliphatic rings. The molecule has 0 unspecified atom stereocenters. The molecule has 214 valence electrons. The van der Waals surface area contributed by atoms with E-state index in [0.29, 0.717) is 33.9 Å². The van der Waals surface area contributed by atoms with Crippen LogP contribution >= 0.6 is 0 Å². The van der Waals surface area contributed by atoms with E-state index in [2.05, 4.69) is 42.3 Å². The van der Waals surface area contributed by atoms with Crippen LogP contribution in [0.4, 0.5) is 33.7 Å². The maximum absolute atomic E-state index is 14.9. The first kappa shape index (κ1) is 29.7. The Hall–Kier alpha value is -3.88. The van der Waals surface area contributed by atoms with Crippen molar-refractivity contribution in [1.29, 1.82) is 0 Å². The fourth-order valence-corrected chi connectivity index (χ4v) is 4.23. The van der Waals surface area contributed by atoms with E-state index < -0.39 is 12.1 Å². The number of carboxylic acid groups (broad SMARTS) is 1. The first-order valence-corrected chi connectivity index (χ1v) is 12.2. The number of hydrogen-bond acceptors (Lipinski definition) is 6. The molecule has 2 amide bonds. The van der Waals surface area contributed by atoms with Gasteiger partial charge in [-0.3, -0.25) is 5.10 Å². The number of likely N-dealkylation sites (N-methyl/N-ethyl adjacent to an activating group) is 1. The fraction of sp³-hybridized carbons (Fsp3) is 0.500. The quantitative estimate of drug-likeness (QED) is 0.347. The molecule has 0 radical (unpaired) electrons.